The number of hydrogen-bond acceptors (Lipinski definition) is 4. The van der Waals surface area contributed by atoms with Crippen LogP contribution >= 0.6 is 24.8 Å². The van der Waals surface area contributed by atoms with Crippen LogP contribution in [0.3, 0.4) is 0 Å². The quantitative estimate of drug-likeness (QED) is 0.694. The third-order valence-corrected chi connectivity index (χ3v) is 4.59. The van der Waals surface area contributed by atoms with Crippen molar-refractivity contribution < 1.29 is 9.53 Å². The van der Waals surface area contributed by atoms with Crippen molar-refractivity contribution >= 4 is 30.7 Å². The lowest BCUT2D eigenvalue weighted by molar-refractivity contribution is -0.132. The number of rotatable bonds is 8. The predicted octanol–water partition coefficient (Wildman–Crippen LogP) is 2.48. The van der Waals surface area contributed by atoms with Crippen LogP contribution in [0.15, 0.2) is 42.7 Å². The summed E-state index contributed by atoms with van der Waals surface area (Å²) < 4.78 is 7.72. The first-order valence-corrected chi connectivity index (χ1v) is 8.93. The molecule has 0 bridgehead atoms. The molecule has 0 spiro atoms. The van der Waals surface area contributed by atoms with Crippen molar-refractivity contribution in [1.29, 1.82) is 0 Å². The van der Waals surface area contributed by atoms with E-state index in [1.807, 2.05) is 12.3 Å². The van der Waals surface area contributed by atoms with Crippen molar-refractivity contribution in [3.63, 3.8) is 0 Å². The Kier molecular flexibility index (Phi) is 10.4. The predicted molar refractivity (Wildman–Crippen MR) is 110 cm³/mol. The van der Waals surface area contributed by atoms with Crippen LogP contribution in [0.2, 0.25) is 0 Å². The normalized spacial score (nSPS) is 18.4. The second-order valence-corrected chi connectivity index (χ2v) is 6.40. The van der Waals surface area contributed by atoms with Crippen molar-refractivity contribution in [2.75, 3.05) is 6.54 Å². The van der Waals surface area contributed by atoms with Gasteiger partial charge < -0.3 is 20.4 Å². The highest BCUT2D eigenvalue weighted by molar-refractivity contribution is 5.85. The molecular weight excluding hydrogens is 387 g/mol. The molecule has 1 fully saturated rings. The Labute approximate surface area is 172 Å². The fourth-order valence-corrected chi connectivity index (χ4v) is 3.16. The van der Waals surface area contributed by atoms with Crippen LogP contribution in [-0.4, -0.2) is 34.2 Å². The van der Waals surface area contributed by atoms with Gasteiger partial charge in [-0.3, -0.25) is 4.79 Å². The molecule has 0 radical (unpaired) electrons. The highest BCUT2D eigenvalue weighted by atomic mass is 35.5. The van der Waals surface area contributed by atoms with Gasteiger partial charge in [0.2, 0.25) is 5.91 Å². The Balaban J connectivity index is 0.00000182. The van der Waals surface area contributed by atoms with E-state index in [4.69, 9.17) is 10.5 Å². The van der Waals surface area contributed by atoms with Gasteiger partial charge >= 0.3 is 0 Å². The number of imidazole rings is 1. The highest BCUT2D eigenvalue weighted by Crippen LogP contribution is 2.18. The number of aromatic nitrogens is 2. The summed E-state index contributed by atoms with van der Waals surface area (Å²) in [5.41, 5.74) is 6.92. The number of nitrogens with two attached hydrogens (primary N) is 1. The van der Waals surface area contributed by atoms with Gasteiger partial charge in [0.15, 0.2) is 0 Å². The fourth-order valence-electron chi connectivity index (χ4n) is 3.16. The molecule has 1 aliphatic rings. The summed E-state index contributed by atoms with van der Waals surface area (Å²) in [6.45, 7) is 1.77. The summed E-state index contributed by atoms with van der Waals surface area (Å²) >= 11 is 0. The van der Waals surface area contributed by atoms with E-state index in [1.165, 1.54) is 5.56 Å². The second kappa shape index (κ2) is 12.0. The summed E-state index contributed by atoms with van der Waals surface area (Å²) in [5.74, 6) is 0.796. The van der Waals surface area contributed by atoms with Gasteiger partial charge in [-0.2, -0.15) is 0 Å². The maximum Gasteiger partial charge on any atom is 0.249 e. The molecule has 6 nitrogen and oxygen atoms in total. The van der Waals surface area contributed by atoms with Crippen molar-refractivity contribution in [1.82, 2.24) is 14.9 Å². The van der Waals surface area contributed by atoms with Crippen LogP contribution < -0.4 is 11.1 Å². The van der Waals surface area contributed by atoms with Gasteiger partial charge in [-0.1, -0.05) is 30.3 Å². The second-order valence-electron chi connectivity index (χ2n) is 6.40. The smallest absolute Gasteiger partial charge is 0.249 e. The molecule has 3 N–H and O–H groups in total. The molecule has 1 aromatic carbocycles. The van der Waals surface area contributed by atoms with Gasteiger partial charge in [0, 0.05) is 25.5 Å². The zero-order chi connectivity index (χ0) is 17.5. The van der Waals surface area contributed by atoms with Gasteiger partial charge in [-0.15, -0.1) is 24.8 Å². The van der Waals surface area contributed by atoms with Crippen molar-refractivity contribution in [3.05, 3.63) is 54.1 Å². The minimum absolute atomic E-state index is 0. The third-order valence-electron chi connectivity index (χ3n) is 4.59. The summed E-state index contributed by atoms with van der Waals surface area (Å²) in [5, 5.41) is 2.93. The van der Waals surface area contributed by atoms with E-state index in [9.17, 15) is 4.79 Å². The molecule has 1 aliphatic heterocycles. The van der Waals surface area contributed by atoms with E-state index in [2.05, 4.69) is 39.1 Å². The topological polar surface area (TPSA) is 82.2 Å². The van der Waals surface area contributed by atoms with Crippen molar-refractivity contribution in [2.45, 2.75) is 51.0 Å². The summed E-state index contributed by atoms with van der Waals surface area (Å²) in [7, 11) is 0. The number of nitrogens with one attached hydrogen (secondary N) is 1. The molecule has 2 heterocycles. The van der Waals surface area contributed by atoms with Gasteiger partial charge in [0.1, 0.15) is 11.9 Å². The number of carbonyl (C=O) groups is 1. The Hall–Kier alpha value is -1.60. The number of aryl methyl sites for hydroxylation is 2. The molecule has 8 heteroatoms. The van der Waals surface area contributed by atoms with E-state index in [1.54, 1.807) is 6.20 Å². The van der Waals surface area contributed by atoms with Crippen LogP contribution in [0.25, 0.3) is 0 Å². The van der Waals surface area contributed by atoms with Crippen molar-refractivity contribution in [3.8, 4) is 0 Å². The van der Waals surface area contributed by atoms with Crippen LogP contribution in [0, 0.1) is 0 Å². The highest BCUT2D eigenvalue weighted by Gasteiger charge is 2.29. The fraction of sp³-hybridized carbons (Fsp3) is 0.474. The van der Waals surface area contributed by atoms with Gasteiger partial charge in [-0.25, -0.2) is 4.98 Å². The van der Waals surface area contributed by atoms with Gasteiger partial charge in [0.05, 0.1) is 12.6 Å². The molecule has 1 saturated heterocycles. The monoisotopic (exact) mass is 414 g/mol. The molecule has 3 rings (SSSR count). The maximum absolute atomic E-state index is 12.2. The third kappa shape index (κ3) is 6.81. The number of hydrogen-bond donors (Lipinski definition) is 2. The van der Waals surface area contributed by atoms with Gasteiger partial charge in [0.25, 0.3) is 0 Å². The number of carbonyl (C=O) groups excluding carboxylic acids is 1. The minimum atomic E-state index is -0.380. The number of halogens is 2. The molecule has 0 unspecified atom stereocenters. The van der Waals surface area contributed by atoms with E-state index in [-0.39, 0.29) is 42.9 Å². The SMILES string of the molecule is Cl.Cl.NC[C@H]1CC[C@@H](C(=O)NCc2nccn2CCCc2ccccc2)O1. The average molecular weight is 415 g/mol. The first kappa shape index (κ1) is 23.4. The van der Waals surface area contributed by atoms with Crippen LogP contribution in [0.5, 0.6) is 0 Å². The number of nitrogens with zero attached hydrogens (tertiary/aromatic N) is 2. The Morgan fingerprint density at radius 1 is 1.26 bits per heavy atom. The van der Waals surface area contributed by atoms with E-state index < -0.39 is 0 Å². The molecule has 2 atom stereocenters. The molecule has 0 aliphatic carbocycles. The average Bonchev–Trinajstić information content (AvgIpc) is 3.30. The maximum atomic E-state index is 12.2. The van der Waals surface area contributed by atoms with E-state index >= 15 is 0 Å². The molecule has 0 saturated carbocycles. The molecule has 27 heavy (non-hydrogen) atoms. The zero-order valence-electron chi connectivity index (χ0n) is 15.3. The molecule has 150 valence electrons. The Morgan fingerprint density at radius 3 is 2.74 bits per heavy atom. The number of ether oxygens (including phenoxy) is 1. The van der Waals surface area contributed by atoms with Crippen LogP contribution in [0.1, 0.15) is 30.7 Å². The van der Waals surface area contributed by atoms with E-state index in [0.717, 1.165) is 38.1 Å². The first-order valence-electron chi connectivity index (χ1n) is 8.93. The largest absolute Gasteiger partial charge is 0.364 e. The molecular formula is C19H28Cl2N4O2. The van der Waals surface area contributed by atoms with Crippen molar-refractivity contribution in [2.24, 2.45) is 5.73 Å². The summed E-state index contributed by atoms with van der Waals surface area (Å²) in [6, 6.07) is 10.4. The Bertz CT molecular complexity index is 681. The number of amides is 1. The Morgan fingerprint density at radius 2 is 2.04 bits per heavy atom. The number of benzene rings is 1. The molecule has 1 amide bonds. The standard InChI is InChI=1S/C19H26N4O2.2ClH/c20-13-16-8-9-17(25-16)19(24)22-14-18-21-10-12-23(18)11-4-7-15-5-2-1-3-6-15;;/h1-3,5-6,10,12,16-17H,4,7-9,11,13-14,20H2,(H,22,24);2*1H/t16-,17+;;/m1../s1. The van der Waals surface area contributed by atoms with E-state index in [0.29, 0.717) is 13.1 Å². The minimum Gasteiger partial charge on any atom is -0.364 e. The molecule has 1 aromatic heterocycles. The summed E-state index contributed by atoms with van der Waals surface area (Å²) in [4.78, 5) is 16.6. The lowest BCUT2D eigenvalue weighted by atomic mass is 10.1. The lowest BCUT2D eigenvalue weighted by Gasteiger charge is -2.13. The van der Waals surface area contributed by atoms with Crippen LogP contribution in [0.4, 0.5) is 0 Å². The molecule has 2 aromatic rings. The zero-order valence-corrected chi connectivity index (χ0v) is 16.9. The van der Waals surface area contributed by atoms with Crippen LogP contribution in [-0.2, 0) is 29.0 Å². The first-order chi connectivity index (χ1) is 12.3. The lowest BCUT2D eigenvalue weighted by Crippen LogP contribution is -2.35. The van der Waals surface area contributed by atoms with Gasteiger partial charge in [-0.05, 0) is 31.2 Å². The summed E-state index contributed by atoms with van der Waals surface area (Å²) in [6.07, 6.45) is 7.02.